The molecule has 0 heterocycles. The number of rotatable bonds is 4. The Morgan fingerprint density at radius 2 is 1.81 bits per heavy atom. The van der Waals surface area contributed by atoms with Crippen LogP contribution in [-0.4, -0.2) is 6.54 Å². The first kappa shape index (κ1) is 15.3. The van der Waals surface area contributed by atoms with Gasteiger partial charge in [0, 0.05) is 15.5 Å². The van der Waals surface area contributed by atoms with Crippen molar-refractivity contribution in [2.75, 3.05) is 11.9 Å². The maximum absolute atomic E-state index is 13.2. The summed E-state index contributed by atoms with van der Waals surface area (Å²) in [5.41, 5.74) is -0.309. The van der Waals surface area contributed by atoms with Crippen molar-refractivity contribution in [2.24, 2.45) is 0 Å². The van der Waals surface area contributed by atoms with E-state index < -0.39 is 11.7 Å². The summed E-state index contributed by atoms with van der Waals surface area (Å²) >= 11 is 1.09. The fourth-order valence-electron chi connectivity index (χ4n) is 1.72. The number of hydrogen-bond acceptors (Lipinski definition) is 2. The van der Waals surface area contributed by atoms with Gasteiger partial charge < -0.3 is 5.32 Å². The number of alkyl halides is 3. The van der Waals surface area contributed by atoms with Gasteiger partial charge in [-0.05, 0) is 30.3 Å². The van der Waals surface area contributed by atoms with Crippen LogP contribution in [0.1, 0.15) is 5.56 Å². The third-order valence-electron chi connectivity index (χ3n) is 2.65. The molecule has 0 saturated carbocycles. The van der Waals surface area contributed by atoms with Gasteiger partial charge in [-0.1, -0.05) is 35.9 Å². The molecule has 0 saturated heterocycles. The third kappa shape index (κ3) is 4.20. The molecule has 0 aliphatic carbocycles. The molecule has 2 rings (SSSR count). The predicted octanol–water partition coefficient (Wildman–Crippen LogP) is 4.90. The fraction of sp³-hybridized carbons (Fsp3) is 0.125. The molecule has 1 N–H and O–H groups in total. The zero-order chi connectivity index (χ0) is 15.3. The van der Waals surface area contributed by atoms with E-state index in [0.29, 0.717) is 5.69 Å². The molecule has 0 atom stereocenters. The van der Waals surface area contributed by atoms with Crippen molar-refractivity contribution in [1.82, 2.24) is 0 Å². The van der Waals surface area contributed by atoms with Crippen LogP contribution < -0.4 is 5.32 Å². The first-order valence-electron chi connectivity index (χ1n) is 6.12. The maximum atomic E-state index is 13.2. The normalized spacial score (nSPS) is 11.0. The maximum Gasteiger partial charge on any atom is 0.417 e. The molecule has 2 aromatic rings. The molecule has 21 heavy (non-hydrogen) atoms. The van der Waals surface area contributed by atoms with Crippen LogP contribution in [0.2, 0.25) is 0 Å². The van der Waals surface area contributed by atoms with E-state index in [1.807, 2.05) is 6.07 Å². The van der Waals surface area contributed by atoms with Crippen molar-refractivity contribution in [3.63, 3.8) is 0 Å². The molecule has 2 aromatic carbocycles. The van der Waals surface area contributed by atoms with Crippen molar-refractivity contribution in [1.29, 1.82) is 0 Å². The van der Waals surface area contributed by atoms with E-state index in [0.717, 1.165) is 22.7 Å². The van der Waals surface area contributed by atoms with Crippen LogP contribution in [0, 0.1) is 12.3 Å². The Balaban J connectivity index is 2.34. The van der Waals surface area contributed by atoms with E-state index in [2.05, 4.69) is 11.2 Å². The van der Waals surface area contributed by atoms with E-state index in [1.54, 1.807) is 30.3 Å². The van der Waals surface area contributed by atoms with Crippen LogP contribution in [0.15, 0.2) is 58.3 Å². The predicted molar refractivity (Wildman–Crippen MR) is 79.3 cm³/mol. The van der Waals surface area contributed by atoms with E-state index in [4.69, 9.17) is 6.42 Å². The lowest BCUT2D eigenvalue weighted by Gasteiger charge is -2.14. The molecule has 0 spiro atoms. The number of halogens is 3. The summed E-state index contributed by atoms with van der Waals surface area (Å²) in [6, 6.07) is 13.1. The Labute approximate surface area is 125 Å². The van der Waals surface area contributed by atoms with Crippen molar-refractivity contribution in [3.05, 3.63) is 54.1 Å². The second kappa shape index (κ2) is 6.59. The molecule has 1 nitrogen and oxygen atoms in total. The monoisotopic (exact) mass is 307 g/mol. The van der Waals surface area contributed by atoms with Gasteiger partial charge in [-0.2, -0.15) is 13.2 Å². The summed E-state index contributed by atoms with van der Waals surface area (Å²) in [4.78, 5) is 0.923. The van der Waals surface area contributed by atoms with Crippen LogP contribution in [-0.2, 0) is 6.18 Å². The minimum absolute atomic E-state index is 0.167. The topological polar surface area (TPSA) is 12.0 Å². The summed E-state index contributed by atoms with van der Waals surface area (Å²) < 4.78 is 39.5. The van der Waals surface area contributed by atoms with Gasteiger partial charge in [0.05, 0.1) is 12.1 Å². The van der Waals surface area contributed by atoms with Crippen molar-refractivity contribution < 1.29 is 13.2 Å². The lowest BCUT2D eigenvalue weighted by molar-refractivity contribution is -0.139. The van der Waals surface area contributed by atoms with Gasteiger partial charge >= 0.3 is 6.18 Å². The molecular formula is C16H12F3NS. The quantitative estimate of drug-likeness (QED) is 0.806. The van der Waals surface area contributed by atoms with Crippen LogP contribution in [0.5, 0.6) is 0 Å². The summed E-state index contributed by atoms with van der Waals surface area (Å²) in [7, 11) is 0. The highest BCUT2D eigenvalue weighted by Crippen LogP contribution is 2.40. The van der Waals surface area contributed by atoms with Gasteiger partial charge in [0.25, 0.3) is 0 Å². The van der Waals surface area contributed by atoms with Gasteiger partial charge in [-0.25, -0.2) is 0 Å². The molecular weight excluding hydrogens is 295 g/mol. The highest BCUT2D eigenvalue weighted by molar-refractivity contribution is 7.99. The molecule has 108 valence electrons. The molecule has 5 heteroatoms. The average Bonchev–Trinajstić information content (AvgIpc) is 2.46. The van der Waals surface area contributed by atoms with E-state index in [1.165, 1.54) is 6.07 Å². The number of anilines is 1. The number of benzene rings is 2. The average molecular weight is 307 g/mol. The fourth-order valence-corrected chi connectivity index (χ4v) is 2.69. The minimum atomic E-state index is -4.41. The van der Waals surface area contributed by atoms with Crippen LogP contribution >= 0.6 is 11.8 Å². The Kier molecular flexibility index (Phi) is 4.81. The highest BCUT2D eigenvalue weighted by Gasteiger charge is 2.34. The molecule has 0 aliphatic rings. The van der Waals surface area contributed by atoms with Gasteiger partial charge in [-0.15, -0.1) is 6.42 Å². The second-order valence-electron chi connectivity index (χ2n) is 4.18. The van der Waals surface area contributed by atoms with E-state index in [-0.39, 0.29) is 11.4 Å². The number of nitrogens with one attached hydrogen (secondary N) is 1. The SMILES string of the molecule is C#CCNc1ccc(Sc2ccccc2)c(C(F)(F)F)c1. The Morgan fingerprint density at radius 1 is 1.10 bits per heavy atom. The molecule has 0 unspecified atom stereocenters. The smallest absolute Gasteiger partial charge is 0.374 e. The van der Waals surface area contributed by atoms with E-state index >= 15 is 0 Å². The Bertz CT molecular complexity index is 645. The summed E-state index contributed by atoms with van der Waals surface area (Å²) in [6.07, 6.45) is 0.682. The van der Waals surface area contributed by atoms with Crippen LogP contribution in [0.25, 0.3) is 0 Å². The second-order valence-corrected chi connectivity index (χ2v) is 5.30. The number of terminal acetylenes is 1. The van der Waals surface area contributed by atoms with Crippen molar-refractivity contribution in [2.45, 2.75) is 16.0 Å². The largest absolute Gasteiger partial charge is 0.417 e. The first-order valence-corrected chi connectivity index (χ1v) is 6.94. The molecule has 0 amide bonds. The Hall–Kier alpha value is -2.06. The Morgan fingerprint density at radius 3 is 2.43 bits per heavy atom. The lowest BCUT2D eigenvalue weighted by atomic mass is 10.2. The standard InChI is InChI=1S/C16H12F3NS/c1-2-10-20-12-8-9-15(14(11-12)16(17,18)19)21-13-6-4-3-5-7-13/h1,3-9,11,20H,10H2. The summed E-state index contributed by atoms with van der Waals surface area (Å²) in [5.74, 6) is 2.33. The minimum Gasteiger partial charge on any atom is -0.374 e. The summed E-state index contributed by atoms with van der Waals surface area (Å²) in [6.45, 7) is 0.183. The highest BCUT2D eigenvalue weighted by atomic mass is 32.2. The van der Waals surface area contributed by atoms with Gasteiger partial charge in [-0.3, -0.25) is 0 Å². The van der Waals surface area contributed by atoms with Gasteiger partial charge in [0.15, 0.2) is 0 Å². The molecule has 0 bridgehead atoms. The van der Waals surface area contributed by atoms with Crippen LogP contribution in [0.4, 0.5) is 18.9 Å². The van der Waals surface area contributed by atoms with Crippen molar-refractivity contribution >= 4 is 17.4 Å². The zero-order valence-corrected chi connectivity index (χ0v) is 11.8. The van der Waals surface area contributed by atoms with Gasteiger partial charge in [0.1, 0.15) is 0 Å². The molecule has 0 fully saturated rings. The molecule has 0 aliphatic heterocycles. The lowest BCUT2D eigenvalue weighted by Crippen LogP contribution is -2.08. The number of hydrogen-bond donors (Lipinski definition) is 1. The van der Waals surface area contributed by atoms with Gasteiger partial charge in [0.2, 0.25) is 0 Å². The zero-order valence-electron chi connectivity index (χ0n) is 10.9. The molecule has 0 radical (unpaired) electrons. The van der Waals surface area contributed by atoms with Crippen LogP contribution in [0.3, 0.4) is 0 Å². The third-order valence-corrected chi connectivity index (χ3v) is 3.73. The summed E-state index contributed by atoms with van der Waals surface area (Å²) in [5, 5.41) is 2.75. The molecule has 0 aromatic heterocycles. The van der Waals surface area contributed by atoms with Crippen molar-refractivity contribution in [3.8, 4) is 12.3 Å². The van der Waals surface area contributed by atoms with E-state index in [9.17, 15) is 13.2 Å². The first-order chi connectivity index (χ1) is 10.0.